The molecule has 2 aromatic rings. The molecule has 2 rings (SSSR count). The van der Waals surface area contributed by atoms with Gasteiger partial charge in [-0.05, 0) is 42.8 Å². The molecule has 104 valence electrons. The highest BCUT2D eigenvalue weighted by molar-refractivity contribution is 6.31. The highest BCUT2D eigenvalue weighted by atomic mass is 35.5. The first-order valence-corrected chi connectivity index (χ1v) is 6.60. The molecule has 0 aliphatic rings. The molecule has 0 saturated carbocycles. The van der Waals surface area contributed by atoms with Crippen LogP contribution in [-0.4, -0.2) is 5.78 Å². The molecule has 0 aliphatic heterocycles. The molecule has 0 aromatic heterocycles. The Kier molecular flexibility index (Phi) is 4.63. The molecule has 0 heterocycles. The van der Waals surface area contributed by atoms with E-state index in [9.17, 15) is 9.18 Å². The van der Waals surface area contributed by atoms with Crippen LogP contribution in [0.4, 0.5) is 4.39 Å². The van der Waals surface area contributed by atoms with Crippen molar-refractivity contribution >= 4 is 29.0 Å². The summed E-state index contributed by atoms with van der Waals surface area (Å²) in [5.74, 6) is -0.187. The number of carbonyl (C=O) groups excluding carboxylic acids is 1. The molecular formula is C15H11Cl2FO2. The van der Waals surface area contributed by atoms with Gasteiger partial charge in [0.1, 0.15) is 18.2 Å². The minimum Gasteiger partial charge on any atom is -0.488 e. The molecule has 0 saturated heterocycles. The van der Waals surface area contributed by atoms with Gasteiger partial charge in [-0.15, -0.1) is 0 Å². The summed E-state index contributed by atoms with van der Waals surface area (Å²) in [6, 6.07) is 9.15. The zero-order chi connectivity index (χ0) is 14.7. The lowest BCUT2D eigenvalue weighted by Crippen LogP contribution is -2.02. The summed E-state index contributed by atoms with van der Waals surface area (Å²) < 4.78 is 18.6. The van der Waals surface area contributed by atoms with Gasteiger partial charge in [0.25, 0.3) is 0 Å². The van der Waals surface area contributed by atoms with E-state index in [0.29, 0.717) is 21.9 Å². The van der Waals surface area contributed by atoms with Crippen LogP contribution < -0.4 is 4.74 Å². The van der Waals surface area contributed by atoms with Gasteiger partial charge in [-0.25, -0.2) is 4.39 Å². The van der Waals surface area contributed by atoms with Crippen LogP contribution in [0, 0.1) is 5.82 Å². The maximum Gasteiger partial charge on any atom is 0.163 e. The van der Waals surface area contributed by atoms with Gasteiger partial charge in [0.05, 0.1) is 10.6 Å². The van der Waals surface area contributed by atoms with Crippen LogP contribution in [0.25, 0.3) is 0 Å². The van der Waals surface area contributed by atoms with E-state index in [4.69, 9.17) is 27.9 Å². The van der Waals surface area contributed by atoms with E-state index in [-0.39, 0.29) is 17.4 Å². The number of halogens is 3. The second-order valence-electron chi connectivity index (χ2n) is 4.23. The van der Waals surface area contributed by atoms with Crippen LogP contribution >= 0.6 is 23.2 Å². The standard InChI is InChI=1S/C15H11Cl2FO2/c1-9(19)12-7-11(16)3-5-15(12)20-8-10-2-4-14(18)13(17)6-10/h2-7H,8H2,1H3. The monoisotopic (exact) mass is 312 g/mol. The second kappa shape index (κ2) is 6.25. The van der Waals surface area contributed by atoms with E-state index in [2.05, 4.69) is 0 Å². The van der Waals surface area contributed by atoms with Crippen LogP contribution in [0.5, 0.6) is 5.75 Å². The average Bonchev–Trinajstić information content (AvgIpc) is 2.41. The summed E-state index contributed by atoms with van der Waals surface area (Å²) in [7, 11) is 0. The summed E-state index contributed by atoms with van der Waals surface area (Å²) >= 11 is 11.5. The normalized spacial score (nSPS) is 10.4. The zero-order valence-corrected chi connectivity index (χ0v) is 12.1. The van der Waals surface area contributed by atoms with Gasteiger partial charge >= 0.3 is 0 Å². The highest BCUT2D eigenvalue weighted by Gasteiger charge is 2.10. The molecule has 0 spiro atoms. The third-order valence-corrected chi connectivity index (χ3v) is 3.22. The summed E-state index contributed by atoms with van der Waals surface area (Å²) in [5.41, 5.74) is 1.12. The Morgan fingerprint density at radius 2 is 1.95 bits per heavy atom. The first kappa shape index (κ1) is 14.8. The van der Waals surface area contributed by atoms with Gasteiger partial charge in [0, 0.05) is 5.02 Å². The smallest absolute Gasteiger partial charge is 0.163 e. The van der Waals surface area contributed by atoms with Crippen molar-refractivity contribution in [1.82, 2.24) is 0 Å². The molecule has 0 amide bonds. The zero-order valence-electron chi connectivity index (χ0n) is 10.6. The van der Waals surface area contributed by atoms with E-state index in [1.165, 1.54) is 19.1 Å². The minimum atomic E-state index is -0.480. The Morgan fingerprint density at radius 3 is 2.60 bits per heavy atom. The molecule has 2 aromatic carbocycles. The Labute approximate surface area is 126 Å². The summed E-state index contributed by atoms with van der Waals surface area (Å²) in [6.07, 6.45) is 0. The van der Waals surface area contributed by atoms with Crippen LogP contribution in [0.2, 0.25) is 10.0 Å². The first-order chi connectivity index (χ1) is 9.47. The predicted octanol–water partition coefficient (Wildman–Crippen LogP) is 4.91. The molecule has 0 fully saturated rings. The van der Waals surface area contributed by atoms with E-state index >= 15 is 0 Å². The highest BCUT2D eigenvalue weighted by Crippen LogP contribution is 2.25. The van der Waals surface area contributed by atoms with E-state index in [1.807, 2.05) is 0 Å². The van der Waals surface area contributed by atoms with Crippen LogP contribution in [0.1, 0.15) is 22.8 Å². The molecule has 0 atom stereocenters. The fourth-order valence-electron chi connectivity index (χ4n) is 1.69. The number of carbonyl (C=O) groups is 1. The van der Waals surface area contributed by atoms with Crippen LogP contribution in [0.3, 0.4) is 0 Å². The predicted molar refractivity (Wildman–Crippen MR) is 77.2 cm³/mol. The Balaban J connectivity index is 2.18. The van der Waals surface area contributed by atoms with Gasteiger partial charge in [-0.3, -0.25) is 4.79 Å². The second-order valence-corrected chi connectivity index (χ2v) is 5.08. The number of Topliss-reactive ketones (excluding diaryl/α,β-unsaturated/α-hetero) is 1. The minimum absolute atomic E-state index is 0.0361. The van der Waals surface area contributed by atoms with Crippen molar-refractivity contribution in [2.45, 2.75) is 13.5 Å². The topological polar surface area (TPSA) is 26.3 Å². The maximum absolute atomic E-state index is 13.0. The van der Waals surface area contributed by atoms with Crippen molar-refractivity contribution in [2.24, 2.45) is 0 Å². The molecule has 20 heavy (non-hydrogen) atoms. The van der Waals surface area contributed by atoms with E-state index in [0.717, 1.165) is 0 Å². The lowest BCUT2D eigenvalue weighted by Gasteiger charge is -2.10. The quantitative estimate of drug-likeness (QED) is 0.749. The number of benzene rings is 2. The van der Waals surface area contributed by atoms with Crippen LogP contribution in [0.15, 0.2) is 36.4 Å². The maximum atomic E-state index is 13.0. The average molecular weight is 313 g/mol. The van der Waals surface area contributed by atoms with Crippen LogP contribution in [-0.2, 0) is 6.61 Å². The third-order valence-electron chi connectivity index (χ3n) is 2.70. The Morgan fingerprint density at radius 1 is 1.20 bits per heavy atom. The third kappa shape index (κ3) is 3.50. The lowest BCUT2D eigenvalue weighted by molar-refractivity contribution is 0.101. The van der Waals surface area contributed by atoms with Crippen molar-refractivity contribution in [3.63, 3.8) is 0 Å². The number of hydrogen-bond acceptors (Lipinski definition) is 2. The summed E-state index contributed by atoms with van der Waals surface area (Å²) in [5, 5.41) is 0.501. The molecule has 0 bridgehead atoms. The molecule has 5 heteroatoms. The first-order valence-electron chi connectivity index (χ1n) is 5.84. The van der Waals surface area contributed by atoms with Gasteiger partial charge in [0.2, 0.25) is 0 Å². The lowest BCUT2D eigenvalue weighted by atomic mass is 10.1. The van der Waals surface area contributed by atoms with Crippen molar-refractivity contribution in [3.8, 4) is 5.75 Å². The SMILES string of the molecule is CC(=O)c1cc(Cl)ccc1OCc1ccc(F)c(Cl)c1. The number of ketones is 1. The van der Waals surface area contributed by atoms with E-state index < -0.39 is 5.82 Å². The van der Waals surface area contributed by atoms with Gasteiger partial charge in [0.15, 0.2) is 5.78 Å². The Bertz CT molecular complexity index is 656. The summed E-state index contributed by atoms with van der Waals surface area (Å²) in [4.78, 5) is 11.5. The Hall–Kier alpha value is -1.58. The number of ether oxygens (including phenoxy) is 1. The van der Waals surface area contributed by atoms with Gasteiger partial charge in [-0.1, -0.05) is 29.3 Å². The summed E-state index contributed by atoms with van der Waals surface area (Å²) in [6.45, 7) is 1.62. The molecular weight excluding hydrogens is 302 g/mol. The number of rotatable bonds is 4. The largest absolute Gasteiger partial charge is 0.488 e. The molecule has 2 nitrogen and oxygen atoms in total. The van der Waals surface area contributed by atoms with Crippen molar-refractivity contribution in [1.29, 1.82) is 0 Å². The van der Waals surface area contributed by atoms with E-state index in [1.54, 1.807) is 24.3 Å². The molecule has 0 aliphatic carbocycles. The number of hydrogen-bond donors (Lipinski definition) is 0. The van der Waals surface area contributed by atoms with Gasteiger partial charge < -0.3 is 4.74 Å². The molecule has 0 radical (unpaired) electrons. The van der Waals surface area contributed by atoms with Crippen molar-refractivity contribution < 1.29 is 13.9 Å². The fraction of sp³-hybridized carbons (Fsp3) is 0.133. The molecule has 0 N–H and O–H groups in total. The van der Waals surface area contributed by atoms with Gasteiger partial charge in [-0.2, -0.15) is 0 Å². The molecule has 0 unspecified atom stereocenters. The van der Waals surface area contributed by atoms with Crippen molar-refractivity contribution in [3.05, 3.63) is 63.4 Å². The fourth-order valence-corrected chi connectivity index (χ4v) is 2.07. The van der Waals surface area contributed by atoms with Crippen molar-refractivity contribution in [2.75, 3.05) is 0 Å².